The third-order valence-corrected chi connectivity index (χ3v) is 3.09. The first kappa shape index (κ1) is 13.0. The zero-order chi connectivity index (χ0) is 14.7. The lowest BCUT2D eigenvalue weighted by atomic mass is 10.2. The summed E-state index contributed by atoms with van der Waals surface area (Å²) in [6.45, 7) is 0. The van der Waals surface area contributed by atoms with Gasteiger partial charge in [0.2, 0.25) is 0 Å². The zero-order valence-corrected chi connectivity index (χ0v) is 11.4. The van der Waals surface area contributed by atoms with E-state index < -0.39 is 0 Å². The smallest absolute Gasteiger partial charge is 0.278 e. The summed E-state index contributed by atoms with van der Waals surface area (Å²) in [7, 11) is 1.71. The first-order valence-electron chi connectivity index (χ1n) is 6.41. The molecule has 1 amide bonds. The minimum atomic E-state index is -0.203. The number of amides is 1. The molecule has 0 fully saturated rings. The molecule has 0 saturated carbocycles. The number of para-hydroxylation sites is 1. The summed E-state index contributed by atoms with van der Waals surface area (Å²) in [5.74, 6) is 0.414. The van der Waals surface area contributed by atoms with Crippen LogP contribution in [0.4, 0.5) is 5.69 Å². The average Bonchev–Trinajstić information content (AvgIpc) is 3.09. The fraction of sp³-hybridized carbons (Fsp3) is 0.0667. The lowest BCUT2D eigenvalue weighted by Gasteiger charge is -2.16. The van der Waals surface area contributed by atoms with E-state index in [0.29, 0.717) is 11.5 Å². The Morgan fingerprint density at radius 3 is 2.52 bits per heavy atom. The van der Waals surface area contributed by atoms with Crippen molar-refractivity contribution in [1.82, 2.24) is 19.7 Å². The summed E-state index contributed by atoms with van der Waals surface area (Å²) in [5, 5.41) is 8.04. The van der Waals surface area contributed by atoms with Crippen molar-refractivity contribution in [2.75, 3.05) is 11.9 Å². The number of aromatic nitrogens is 4. The molecule has 1 aromatic carbocycles. The first-order chi connectivity index (χ1) is 10.3. The number of rotatable bonds is 3. The van der Waals surface area contributed by atoms with Crippen LogP contribution in [0.25, 0.3) is 5.82 Å². The van der Waals surface area contributed by atoms with Crippen LogP contribution in [-0.4, -0.2) is 32.7 Å². The molecule has 0 saturated heterocycles. The van der Waals surface area contributed by atoms with Gasteiger partial charge in [-0.3, -0.25) is 9.36 Å². The van der Waals surface area contributed by atoms with Gasteiger partial charge in [0, 0.05) is 25.1 Å². The molecule has 21 heavy (non-hydrogen) atoms. The van der Waals surface area contributed by atoms with Crippen molar-refractivity contribution in [3.05, 3.63) is 66.9 Å². The van der Waals surface area contributed by atoms with E-state index in [4.69, 9.17) is 0 Å². The van der Waals surface area contributed by atoms with E-state index in [1.807, 2.05) is 30.3 Å². The highest BCUT2D eigenvalue weighted by molar-refractivity contribution is 6.04. The Bertz CT molecular complexity index is 723. The van der Waals surface area contributed by atoms with Crippen LogP contribution >= 0.6 is 0 Å². The predicted octanol–water partition coefficient (Wildman–Crippen LogP) is 1.94. The van der Waals surface area contributed by atoms with Gasteiger partial charge in [0.1, 0.15) is 6.33 Å². The lowest BCUT2D eigenvalue weighted by Crippen LogP contribution is -2.27. The van der Waals surface area contributed by atoms with E-state index >= 15 is 0 Å². The molecule has 0 spiro atoms. The standard InChI is InChI=1S/C15H13N5O/c1-19(12-5-3-2-4-6-12)15(21)13-7-8-14(18-17-13)20-10-9-16-11-20/h2-11H,1H3. The van der Waals surface area contributed by atoms with Crippen LogP contribution in [0.2, 0.25) is 0 Å². The van der Waals surface area contributed by atoms with E-state index in [0.717, 1.165) is 5.69 Å². The number of carbonyl (C=O) groups excluding carboxylic acids is 1. The van der Waals surface area contributed by atoms with Crippen molar-refractivity contribution in [3.8, 4) is 5.82 Å². The van der Waals surface area contributed by atoms with Gasteiger partial charge in [-0.2, -0.15) is 0 Å². The highest BCUT2D eigenvalue weighted by atomic mass is 16.2. The van der Waals surface area contributed by atoms with Gasteiger partial charge in [0.25, 0.3) is 5.91 Å². The fourth-order valence-corrected chi connectivity index (χ4v) is 1.91. The van der Waals surface area contributed by atoms with Crippen molar-refractivity contribution in [1.29, 1.82) is 0 Å². The normalized spacial score (nSPS) is 10.3. The highest BCUT2D eigenvalue weighted by Gasteiger charge is 2.15. The third-order valence-electron chi connectivity index (χ3n) is 3.09. The molecule has 0 aliphatic heterocycles. The number of carbonyl (C=O) groups is 1. The van der Waals surface area contributed by atoms with E-state index in [1.165, 1.54) is 0 Å². The molecular weight excluding hydrogens is 266 g/mol. The van der Waals surface area contributed by atoms with Crippen molar-refractivity contribution in [2.24, 2.45) is 0 Å². The van der Waals surface area contributed by atoms with Crippen molar-refractivity contribution in [2.45, 2.75) is 0 Å². The maximum absolute atomic E-state index is 12.3. The van der Waals surface area contributed by atoms with Gasteiger partial charge in [-0.1, -0.05) is 18.2 Å². The quantitative estimate of drug-likeness (QED) is 0.735. The zero-order valence-electron chi connectivity index (χ0n) is 11.4. The first-order valence-corrected chi connectivity index (χ1v) is 6.41. The molecule has 0 unspecified atom stereocenters. The largest absolute Gasteiger partial charge is 0.310 e. The molecule has 0 aliphatic carbocycles. The molecular formula is C15H13N5O. The van der Waals surface area contributed by atoms with Crippen molar-refractivity contribution >= 4 is 11.6 Å². The molecule has 2 aromatic heterocycles. The molecule has 2 heterocycles. The summed E-state index contributed by atoms with van der Waals surface area (Å²) in [6.07, 6.45) is 5.05. The Morgan fingerprint density at radius 2 is 1.90 bits per heavy atom. The van der Waals surface area contributed by atoms with Gasteiger partial charge >= 0.3 is 0 Å². The number of hydrogen-bond donors (Lipinski definition) is 0. The van der Waals surface area contributed by atoms with Gasteiger partial charge in [0.05, 0.1) is 0 Å². The molecule has 3 aromatic rings. The summed E-state index contributed by atoms with van der Waals surface area (Å²) < 4.78 is 1.72. The molecule has 104 valence electrons. The van der Waals surface area contributed by atoms with Gasteiger partial charge in [-0.25, -0.2) is 4.98 Å². The Balaban J connectivity index is 1.82. The summed E-state index contributed by atoms with van der Waals surface area (Å²) in [6, 6.07) is 12.8. The second kappa shape index (κ2) is 5.54. The SMILES string of the molecule is CN(C(=O)c1ccc(-n2ccnc2)nn1)c1ccccc1. The number of anilines is 1. The van der Waals surface area contributed by atoms with E-state index in [1.54, 1.807) is 47.4 Å². The van der Waals surface area contributed by atoms with Gasteiger partial charge in [-0.05, 0) is 24.3 Å². The molecule has 3 rings (SSSR count). The summed E-state index contributed by atoms with van der Waals surface area (Å²) in [5.41, 5.74) is 1.10. The van der Waals surface area contributed by atoms with Crippen LogP contribution in [0, 0.1) is 0 Å². The second-order valence-corrected chi connectivity index (χ2v) is 4.45. The summed E-state index contributed by atoms with van der Waals surface area (Å²) in [4.78, 5) is 17.8. The second-order valence-electron chi connectivity index (χ2n) is 4.45. The lowest BCUT2D eigenvalue weighted by molar-refractivity contribution is 0.0987. The fourth-order valence-electron chi connectivity index (χ4n) is 1.91. The Labute approximate surface area is 121 Å². The van der Waals surface area contributed by atoms with Gasteiger partial charge in [0.15, 0.2) is 11.5 Å². The summed E-state index contributed by atoms with van der Waals surface area (Å²) >= 11 is 0. The monoisotopic (exact) mass is 279 g/mol. The van der Waals surface area contributed by atoms with Crippen molar-refractivity contribution < 1.29 is 4.79 Å². The van der Waals surface area contributed by atoms with Crippen molar-refractivity contribution in [3.63, 3.8) is 0 Å². The number of imidazole rings is 1. The molecule has 6 nitrogen and oxygen atoms in total. The Hall–Kier alpha value is -3.02. The predicted molar refractivity (Wildman–Crippen MR) is 78.3 cm³/mol. The number of nitrogens with zero attached hydrogens (tertiary/aromatic N) is 5. The topological polar surface area (TPSA) is 63.9 Å². The molecule has 0 aliphatic rings. The Kier molecular flexibility index (Phi) is 3.42. The van der Waals surface area contributed by atoms with Crippen LogP contribution in [-0.2, 0) is 0 Å². The third kappa shape index (κ3) is 2.64. The highest BCUT2D eigenvalue weighted by Crippen LogP contribution is 2.14. The maximum atomic E-state index is 12.3. The average molecular weight is 279 g/mol. The number of benzene rings is 1. The Morgan fingerprint density at radius 1 is 1.10 bits per heavy atom. The molecule has 0 N–H and O–H groups in total. The van der Waals surface area contributed by atoms with E-state index in [9.17, 15) is 4.79 Å². The molecule has 6 heteroatoms. The molecule has 0 atom stereocenters. The van der Waals surface area contributed by atoms with Crippen LogP contribution in [0.5, 0.6) is 0 Å². The van der Waals surface area contributed by atoms with E-state index in [2.05, 4.69) is 15.2 Å². The minimum Gasteiger partial charge on any atom is -0.310 e. The van der Waals surface area contributed by atoms with Crippen LogP contribution < -0.4 is 4.90 Å². The van der Waals surface area contributed by atoms with E-state index in [-0.39, 0.29) is 5.91 Å². The van der Waals surface area contributed by atoms with Crippen LogP contribution in [0.15, 0.2) is 61.2 Å². The molecule has 0 bridgehead atoms. The maximum Gasteiger partial charge on any atom is 0.278 e. The van der Waals surface area contributed by atoms with Crippen LogP contribution in [0.1, 0.15) is 10.5 Å². The van der Waals surface area contributed by atoms with Gasteiger partial charge < -0.3 is 4.90 Å². The number of hydrogen-bond acceptors (Lipinski definition) is 4. The molecule has 0 radical (unpaired) electrons. The van der Waals surface area contributed by atoms with Crippen LogP contribution in [0.3, 0.4) is 0 Å². The minimum absolute atomic E-state index is 0.203. The van der Waals surface area contributed by atoms with Gasteiger partial charge in [-0.15, -0.1) is 10.2 Å².